The molecule has 1 fully saturated rings. The molecule has 164 valence electrons. The number of aromatic nitrogens is 3. The van der Waals surface area contributed by atoms with E-state index in [0.29, 0.717) is 37.2 Å². The number of hydrogen-bond acceptors (Lipinski definition) is 6. The first-order valence-corrected chi connectivity index (χ1v) is 10.9. The Hall–Kier alpha value is -2.61. The molecule has 0 radical (unpaired) electrons. The van der Waals surface area contributed by atoms with Crippen LogP contribution in [0.2, 0.25) is 0 Å². The average molecular weight is 416 g/mol. The SMILES string of the molecule is CCOc1cccc(CN2CCCC[C@H]2CCn2cc(C(=O)NC(C)C)nn2)c1O. The number of carbonyl (C=O) groups is 1. The van der Waals surface area contributed by atoms with Crippen LogP contribution >= 0.6 is 0 Å². The van der Waals surface area contributed by atoms with Gasteiger partial charge in [-0.3, -0.25) is 14.4 Å². The molecule has 1 atom stereocenters. The molecule has 1 aliphatic heterocycles. The molecule has 0 aliphatic carbocycles. The summed E-state index contributed by atoms with van der Waals surface area (Å²) in [5.74, 6) is 0.583. The number of aryl methyl sites for hydroxylation is 1. The van der Waals surface area contributed by atoms with Crippen LogP contribution in [0.3, 0.4) is 0 Å². The van der Waals surface area contributed by atoms with E-state index >= 15 is 0 Å². The molecule has 0 bridgehead atoms. The Bertz CT molecular complexity index is 836. The lowest BCUT2D eigenvalue weighted by Crippen LogP contribution is -2.39. The summed E-state index contributed by atoms with van der Waals surface area (Å²) in [6, 6.07) is 6.15. The molecule has 2 N–H and O–H groups in total. The van der Waals surface area contributed by atoms with Gasteiger partial charge in [0.2, 0.25) is 0 Å². The molecule has 1 amide bonds. The van der Waals surface area contributed by atoms with Crippen molar-refractivity contribution < 1.29 is 14.6 Å². The smallest absolute Gasteiger partial charge is 0.273 e. The number of nitrogens with zero attached hydrogens (tertiary/aromatic N) is 4. The zero-order chi connectivity index (χ0) is 21.5. The summed E-state index contributed by atoms with van der Waals surface area (Å²) in [6.07, 6.45) is 6.10. The first kappa shape index (κ1) is 22.1. The second kappa shape index (κ2) is 10.4. The van der Waals surface area contributed by atoms with Crippen LogP contribution in [0, 0.1) is 0 Å². The van der Waals surface area contributed by atoms with Crippen molar-refractivity contribution in [2.75, 3.05) is 13.2 Å². The van der Waals surface area contributed by atoms with Crippen molar-refractivity contribution in [3.05, 3.63) is 35.7 Å². The lowest BCUT2D eigenvalue weighted by Gasteiger charge is -2.36. The molecule has 8 nitrogen and oxygen atoms in total. The van der Waals surface area contributed by atoms with Crippen LogP contribution in [0.5, 0.6) is 11.5 Å². The number of ether oxygens (including phenoxy) is 1. The number of para-hydroxylation sites is 1. The number of piperidine rings is 1. The zero-order valence-electron chi connectivity index (χ0n) is 18.2. The molecule has 0 saturated carbocycles. The quantitative estimate of drug-likeness (QED) is 0.654. The third kappa shape index (κ3) is 5.72. The highest BCUT2D eigenvalue weighted by Crippen LogP contribution is 2.32. The fourth-order valence-electron chi connectivity index (χ4n) is 3.91. The number of hydrogen-bond donors (Lipinski definition) is 2. The third-order valence-corrected chi connectivity index (χ3v) is 5.39. The predicted octanol–water partition coefficient (Wildman–Crippen LogP) is 2.97. The Morgan fingerprint density at radius 1 is 1.37 bits per heavy atom. The van der Waals surface area contributed by atoms with Crippen LogP contribution in [-0.2, 0) is 13.1 Å². The number of amides is 1. The van der Waals surface area contributed by atoms with Gasteiger partial charge in [-0.2, -0.15) is 0 Å². The first-order valence-electron chi connectivity index (χ1n) is 10.9. The average Bonchev–Trinajstić information content (AvgIpc) is 3.19. The molecule has 3 rings (SSSR count). The summed E-state index contributed by atoms with van der Waals surface area (Å²) in [7, 11) is 0. The molecule has 1 aromatic heterocycles. The van der Waals surface area contributed by atoms with Crippen molar-refractivity contribution >= 4 is 5.91 Å². The largest absolute Gasteiger partial charge is 0.504 e. The Kier molecular flexibility index (Phi) is 7.68. The number of aromatic hydroxyl groups is 1. The van der Waals surface area contributed by atoms with Gasteiger partial charge in [-0.15, -0.1) is 5.10 Å². The van der Waals surface area contributed by atoms with E-state index in [9.17, 15) is 9.90 Å². The molecule has 8 heteroatoms. The Labute approximate surface area is 178 Å². The summed E-state index contributed by atoms with van der Waals surface area (Å²) < 4.78 is 7.27. The molecule has 2 heterocycles. The Balaban J connectivity index is 1.61. The third-order valence-electron chi connectivity index (χ3n) is 5.39. The topological polar surface area (TPSA) is 92.5 Å². The number of likely N-dealkylation sites (tertiary alicyclic amines) is 1. The van der Waals surface area contributed by atoms with Gasteiger partial charge in [0.25, 0.3) is 5.91 Å². The van der Waals surface area contributed by atoms with Crippen LogP contribution in [0.25, 0.3) is 0 Å². The van der Waals surface area contributed by atoms with Crippen molar-refractivity contribution in [1.29, 1.82) is 0 Å². The summed E-state index contributed by atoms with van der Waals surface area (Å²) in [5, 5.41) is 21.5. The van der Waals surface area contributed by atoms with Crippen LogP contribution in [0.1, 0.15) is 62.5 Å². The van der Waals surface area contributed by atoms with E-state index in [1.54, 1.807) is 16.9 Å². The minimum absolute atomic E-state index is 0.0658. The monoisotopic (exact) mass is 415 g/mol. The number of rotatable bonds is 9. The second-order valence-corrected chi connectivity index (χ2v) is 8.10. The second-order valence-electron chi connectivity index (χ2n) is 8.10. The normalized spacial score (nSPS) is 17.3. The van der Waals surface area contributed by atoms with Gasteiger partial charge in [0, 0.05) is 30.7 Å². The van der Waals surface area contributed by atoms with E-state index in [2.05, 4.69) is 20.5 Å². The predicted molar refractivity (Wildman–Crippen MR) is 115 cm³/mol. The van der Waals surface area contributed by atoms with Crippen LogP contribution in [0.15, 0.2) is 24.4 Å². The molecule has 0 spiro atoms. The van der Waals surface area contributed by atoms with Crippen molar-refractivity contribution in [3.63, 3.8) is 0 Å². The van der Waals surface area contributed by atoms with E-state index in [1.165, 1.54) is 6.42 Å². The lowest BCUT2D eigenvalue weighted by molar-refractivity contribution is 0.0938. The maximum Gasteiger partial charge on any atom is 0.273 e. The maximum atomic E-state index is 12.1. The van der Waals surface area contributed by atoms with E-state index in [4.69, 9.17) is 4.74 Å². The first-order chi connectivity index (χ1) is 14.5. The summed E-state index contributed by atoms with van der Waals surface area (Å²) >= 11 is 0. The standard InChI is InChI=1S/C22H33N5O3/c1-4-30-20-10-7-8-17(21(20)28)14-26-12-6-5-9-18(26)11-13-27-15-19(24-25-27)22(29)23-16(2)3/h7-8,10,15-16,18,28H,4-6,9,11-14H2,1-3H3,(H,23,29)/t18-/m0/s1. The number of nitrogens with one attached hydrogen (secondary N) is 1. The van der Waals surface area contributed by atoms with Gasteiger partial charge < -0.3 is 15.2 Å². The Morgan fingerprint density at radius 3 is 2.97 bits per heavy atom. The van der Waals surface area contributed by atoms with Gasteiger partial charge >= 0.3 is 0 Å². The number of phenols is 1. The highest BCUT2D eigenvalue weighted by atomic mass is 16.5. The molecule has 1 saturated heterocycles. The number of phenolic OH excluding ortho intramolecular Hbond substituents is 1. The molecule has 0 unspecified atom stereocenters. The molecule has 1 aliphatic rings. The van der Waals surface area contributed by atoms with Gasteiger partial charge in [0.05, 0.1) is 12.8 Å². The molecule has 2 aromatic rings. The minimum Gasteiger partial charge on any atom is -0.504 e. The maximum absolute atomic E-state index is 12.1. The van der Waals surface area contributed by atoms with Crippen molar-refractivity contribution in [1.82, 2.24) is 25.2 Å². The minimum atomic E-state index is -0.194. The fraction of sp³-hybridized carbons (Fsp3) is 0.591. The van der Waals surface area contributed by atoms with E-state index in [0.717, 1.165) is 31.4 Å². The molecule has 30 heavy (non-hydrogen) atoms. The van der Waals surface area contributed by atoms with Crippen molar-refractivity contribution in [2.45, 2.75) is 71.6 Å². The van der Waals surface area contributed by atoms with Gasteiger partial charge in [0.1, 0.15) is 0 Å². The number of benzene rings is 1. The highest BCUT2D eigenvalue weighted by molar-refractivity contribution is 5.91. The lowest BCUT2D eigenvalue weighted by atomic mass is 9.98. The van der Waals surface area contributed by atoms with E-state index in [1.807, 2.05) is 32.9 Å². The van der Waals surface area contributed by atoms with Crippen molar-refractivity contribution in [2.24, 2.45) is 0 Å². The Morgan fingerprint density at radius 2 is 2.20 bits per heavy atom. The molecular weight excluding hydrogens is 382 g/mol. The van der Waals surface area contributed by atoms with Crippen LogP contribution in [0.4, 0.5) is 0 Å². The van der Waals surface area contributed by atoms with E-state index in [-0.39, 0.29) is 17.7 Å². The summed E-state index contributed by atoms with van der Waals surface area (Å²) in [5.41, 5.74) is 1.24. The fourth-order valence-corrected chi connectivity index (χ4v) is 3.91. The van der Waals surface area contributed by atoms with Gasteiger partial charge in [-0.1, -0.05) is 23.8 Å². The number of carbonyl (C=O) groups excluding carboxylic acids is 1. The van der Waals surface area contributed by atoms with Crippen LogP contribution < -0.4 is 10.1 Å². The molecular formula is C22H33N5O3. The van der Waals surface area contributed by atoms with Crippen LogP contribution in [-0.4, -0.2) is 56.1 Å². The van der Waals surface area contributed by atoms with E-state index < -0.39 is 0 Å². The van der Waals surface area contributed by atoms with Gasteiger partial charge in [-0.25, -0.2) is 0 Å². The van der Waals surface area contributed by atoms with Gasteiger partial charge in [0.15, 0.2) is 17.2 Å². The summed E-state index contributed by atoms with van der Waals surface area (Å²) in [4.78, 5) is 14.5. The summed E-state index contributed by atoms with van der Waals surface area (Å²) in [6.45, 7) is 8.67. The zero-order valence-corrected chi connectivity index (χ0v) is 18.2. The highest BCUT2D eigenvalue weighted by Gasteiger charge is 2.24. The van der Waals surface area contributed by atoms with Crippen molar-refractivity contribution in [3.8, 4) is 11.5 Å². The van der Waals surface area contributed by atoms with Gasteiger partial charge in [-0.05, 0) is 52.6 Å². The molecule has 1 aromatic carbocycles.